The number of amides is 1. The first-order valence-electron chi connectivity index (χ1n) is 8.15. The summed E-state index contributed by atoms with van der Waals surface area (Å²) in [6.07, 6.45) is 2.98. The van der Waals surface area contributed by atoms with Gasteiger partial charge in [-0.2, -0.15) is 0 Å². The van der Waals surface area contributed by atoms with Crippen molar-refractivity contribution >= 4 is 18.0 Å². The molecule has 1 aliphatic rings. The monoisotopic (exact) mass is 349 g/mol. The van der Waals surface area contributed by atoms with Gasteiger partial charge in [-0.1, -0.05) is 6.07 Å². The first-order valence-corrected chi connectivity index (χ1v) is 8.15. The Morgan fingerprint density at radius 1 is 1.24 bits per heavy atom. The van der Waals surface area contributed by atoms with Gasteiger partial charge >= 0.3 is 5.97 Å². The normalized spacial score (nSPS) is 14.4. The number of methoxy groups -OCH3 is 1. The Balaban J connectivity index is 1.96. The molecule has 25 heavy (non-hydrogen) atoms. The molecule has 1 aromatic carbocycles. The average molecular weight is 349 g/mol. The number of carbonyl (C=O) groups is 2. The van der Waals surface area contributed by atoms with Crippen molar-refractivity contribution in [1.29, 1.82) is 0 Å². The Morgan fingerprint density at radius 2 is 2.00 bits per heavy atom. The Hall–Kier alpha value is -2.54. The van der Waals surface area contributed by atoms with Gasteiger partial charge in [0.25, 0.3) is 5.91 Å². The third-order valence-corrected chi connectivity index (χ3v) is 3.60. The molecule has 0 aliphatic carbocycles. The molecule has 0 unspecified atom stereocenters. The van der Waals surface area contributed by atoms with Gasteiger partial charge in [0, 0.05) is 19.2 Å². The van der Waals surface area contributed by atoms with Gasteiger partial charge in [-0.05, 0) is 30.7 Å². The molecule has 0 bridgehead atoms. The number of hydrogen-bond acceptors (Lipinski definition) is 6. The average Bonchev–Trinajstić information content (AvgIpc) is 2.65. The molecule has 1 saturated heterocycles. The lowest BCUT2D eigenvalue weighted by atomic mass is 10.2. The molecule has 1 heterocycles. The molecule has 0 atom stereocenters. The van der Waals surface area contributed by atoms with E-state index in [4.69, 9.17) is 18.9 Å². The standard InChI is InChI=1S/C18H23NO6/c1-3-24-18(21)7-5-14-4-6-15(16(12-14)22-2)25-13-17(20)19-8-10-23-11-9-19/h4-7,12H,3,8-11,13H2,1-2H3. The molecular weight excluding hydrogens is 326 g/mol. The zero-order valence-electron chi connectivity index (χ0n) is 14.5. The summed E-state index contributed by atoms with van der Waals surface area (Å²) in [7, 11) is 1.52. The van der Waals surface area contributed by atoms with E-state index in [1.807, 2.05) is 0 Å². The number of rotatable bonds is 7. The minimum Gasteiger partial charge on any atom is -0.493 e. The van der Waals surface area contributed by atoms with Gasteiger partial charge in [-0.15, -0.1) is 0 Å². The smallest absolute Gasteiger partial charge is 0.330 e. The summed E-state index contributed by atoms with van der Waals surface area (Å²) in [4.78, 5) is 25.2. The second-order valence-electron chi connectivity index (χ2n) is 5.28. The Bertz CT molecular complexity index is 622. The van der Waals surface area contributed by atoms with Crippen molar-refractivity contribution < 1.29 is 28.5 Å². The molecule has 1 aromatic rings. The van der Waals surface area contributed by atoms with Crippen LogP contribution in [0, 0.1) is 0 Å². The zero-order chi connectivity index (χ0) is 18.1. The van der Waals surface area contributed by atoms with E-state index in [1.54, 1.807) is 36.1 Å². The van der Waals surface area contributed by atoms with E-state index in [1.165, 1.54) is 13.2 Å². The molecule has 1 amide bonds. The maximum absolute atomic E-state index is 12.1. The zero-order valence-corrected chi connectivity index (χ0v) is 14.5. The Kier molecular flexibility index (Phi) is 7.28. The van der Waals surface area contributed by atoms with Gasteiger partial charge in [0.05, 0.1) is 26.9 Å². The highest BCUT2D eigenvalue weighted by Crippen LogP contribution is 2.28. The fraction of sp³-hybridized carbons (Fsp3) is 0.444. The molecular formula is C18H23NO6. The van der Waals surface area contributed by atoms with E-state index in [0.717, 1.165) is 5.56 Å². The minimum absolute atomic E-state index is 0.0611. The summed E-state index contributed by atoms with van der Waals surface area (Å²) >= 11 is 0. The van der Waals surface area contributed by atoms with Crippen LogP contribution in [0.5, 0.6) is 11.5 Å². The summed E-state index contributed by atoms with van der Waals surface area (Å²) in [6, 6.07) is 5.20. The van der Waals surface area contributed by atoms with Crippen molar-refractivity contribution in [2.24, 2.45) is 0 Å². The molecule has 2 rings (SSSR count). The van der Waals surface area contributed by atoms with Crippen LogP contribution in [0.15, 0.2) is 24.3 Å². The quantitative estimate of drug-likeness (QED) is 0.549. The third kappa shape index (κ3) is 5.79. The van der Waals surface area contributed by atoms with Crippen LogP contribution in [0.1, 0.15) is 12.5 Å². The molecule has 0 aromatic heterocycles. The van der Waals surface area contributed by atoms with Gasteiger partial charge < -0.3 is 23.8 Å². The molecule has 1 aliphatic heterocycles. The lowest BCUT2D eigenvalue weighted by molar-refractivity contribution is -0.138. The number of morpholine rings is 1. The van der Waals surface area contributed by atoms with Crippen molar-refractivity contribution in [2.75, 3.05) is 46.6 Å². The highest BCUT2D eigenvalue weighted by molar-refractivity contribution is 5.87. The predicted octanol–water partition coefficient (Wildman–Crippen LogP) is 1.51. The maximum atomic E-state index is 12.1. The van der Waals surface area contributed by atoms with Gasteiger partial charge in [-0.25, -0.2) is 4.79 Å². The molecule has 7 heteroatoms. The first kappa shape index (κ1) is 18.8. The van der Waals surface area contributed by atoms with Crippen LogP contribution in [0.3, 0.4) is 0 Å². The maximum Gasteiger partial charge on any atom is 0.330 e. The van der Waals surface area contributed by atoms with Gasteiger partial charge in [0.15, 0.2) is 18.1 Å². The second kappa shape index (κ2) is 9.68. The van der Waals surface area contributed by atoms with Crippen LogP contribution in [0.25, 0.3) is 6.08 Å². The number of nitrogens with zero attached hydrogens (tertiary/aromatic N) is 1. The molecule has 0 saturated carbocycles. The summed E-state index contributed by atoms with van der Waals surface area (Å²) in [5, 5.41) is 0. The van der Waals surface area contributed by atoms with Gasteiger partial charge in [-0.3, -0.25) is 4.79 Å². The van der Waals surface area contributed by atoms with E-state index in [0.29, 0.717) is 44.4 Å². The van der Waals surface area contributed by atoms with Crippen molar-refractivity contribution in [3.63, 3.8) is 0 Å². The summed E-state index contributed by atoms with van der Waals surface area (Å²) in [5.74, 6) is 0.465. The molecule has 0 spiro atoms. The van der Waals surface area contributed by atoms with E-state index < -0.39 is 5.97 Å². The molecule has 136 valence electrons. The highest BCUT2D eigenvalue weighted by atomic mass is 16.5. The molecule has 1 fully saturated rings. The number of carbonyl (C=O) groups excluding carboxylic acids is 2. The topological polar surface area (TPSA) is 74.3 Å². The van der Waals surface area contributed by atoms with Crippen LogP contribution < -0.4 is 9.47 Å². The molecule has 0 radical (unpaired) electrons. The minimum atomic E-state index is -0.405. The van der Waals surface area contributed by atoms with Crippen molar-refractivity contribution in [3.8, 4) is 11.5 Å². The van der Waals surface area contributed by atoms with Crippen LogP contribution in [0.4, 0.5) is 0 Å². The molecule has 7 nitrogen and oxygen atoms in total. The van der Waals surface area contributed by atoms with E-state index >= 15 is 0 Å². The van der Waals surface area contributed by atoms with Gasteiger partial charge in [0.2, 0.25) is 0 Å². The van der Waals surface area contributed by atoms with Crippen LogP contribution in [-0.2, 0) is 19.1 Å². The van der Waals surface area contributed by atoms with E-state index in [2.05, 4.69) is 0 Å². The predicted molar refractivity (Wildman–Crippen MR) is 91.6 cm³/mol. The van der Waals surface area contributed by atoms with Crippen LogP contribution in [0.2, 0.25) is 0 Å². The highest BCUT2D eigenvalue weighted by Gasteiger charge is 2.17. The van der Waals surface area contributed by atoms with Crippen molar-refractivity contribution in [1.82, 2.24) is 4.90 Å². The Labute approximate surface area is 147 Å². The summed E-state index contributed by atoms with van der Waals surface area (Å²) in [5.41, 5.74) is 0.761. The lowest BCUT2D eigenvalue weighted by Gasteiger charge is -2.26. The Morgan fingerprint density at radius 3 is 2.68 bits per heavy atom. The summed E-state index contributed by atoms with van der Waals surface area (Å²) < 4.78 is 20.9. The van der Waals surface area contributed by atoms with E-state index in [-0.39, 0.29) is 12.5 Å². The fourth-order valence-electron chi connectivity index (χ4n) is 2.31. The van der Waals surface area contributed by atoms with Crippen LogP contribution >= 0.6 is 0 Å². The van der Waals surface area contributed by atoms with Crippen LogP contribution in [-0.4, -0.2) is 63.4 Å². The van der Waals surface area contributed by atoms with Crippen molar-refractivity contribution in [2.45, 2.75) is 6.92 Å². The number of esters is 1. The number of benzene rings is 1. The number of hydrogen-bond donors (Lipinski definition) is 0. The summed E-state index contributed by atoms with van der Waals surface area (Å²) in [6.45, 7) is 4.28. The lowest BCUT2D eigenvalue weighted by Crippen LogP contribution is -2.43. The van der Waals surface area contributed by atoms with Gasteiger partial charge in [0.1, 0.15) is 0 Å². The fourth-order valence-corrected chi connectivity index (χ4v) is 2.31. The van der Waals surface area contributed by atoms with Crippen molar-refractivity contribution in [3.05, 3.63) is 29.8 Å². The largest absolute Gasteiger partial charge is 0.493 e. The third-order valence-electron chi connectivity index (χ3n) is 3.60. The molecule has 0 N–H and O–H groups in total. The van der Waals surface area contributed by atoms with E-state index in [9.17, 15) is 9.59 Å². The second-order valence-corrected chi connectivity index (χ2v) is 5.28. The SMILES string of the molecule is CCOC(=O)C=Cc1ccc(OCC(=O)N2CCOCC2)c(OC)c1. The first-order chi connectivity index (χ1) is 12.1. The number of ether oxygens (including phenoxy) is 4.